The molecule has 1 aromatic rings. The summed E-state index contributed by atoms with van der Waals surface area (Å²) >= 11 is 0. The van der Waals surface area contributed by atoms with Crippen molar-refractivity contribution in [2.75, 3.05) is 19.8 Å². The Morgan fingerprint density at radius 1 is 1.57 bits per heavy atom. The summed E-state index contributed by atoms with van der Waals surface area (Å²) < 4.78 is 5.28. The molecule has 0 aromatic carbocycles. The zero-order chi connectivity index (χ0) is 15.5. The van der Waals surface area contributed by atoms with Gasteiger partial charge in [-0.15, -0.1) is 0 Å². The van der Waals surface area contributed by atoms with Crippen LogP contribution in [0.15, 0.2) is 29.7 Å². The predicted molar refractivity (Wildman–Crippen MR) is 78.8 cm³/mol. The van der Waals surface area contributed by atoms with E-state index in [2.05, 4.69) is 10.1 Å². The van der Waals surface area contributed by atoms with Crippen LogP contribution in [-0.2, 0) is 16.1 Å². The smallest absolute Gasteiger partial charge is 0.248 e. The third-order valence-electron chi connectivity index (χ3n) is 2.79. The number of nitrogens with two attached hydrogens (primary N) is 1. The number of carbonyl (C=O) groups is 1. The van der Waals surface area contributed by atoms with Crippen LogP contribution in [0.1, 0.15) is 25.3 Å². The Morgan fingerprint density at radius 2 is 2.38 bits per heavy atom. The number of carbonyl (C=O) groups excluding carboxylic acids is 1. The number of amides is 1. The average molecular weight is 294 g/mol. The molecule has 1 heterocycles. The zero-order valence-corrected chi connectivity index (χ0v) is 12.2. The summed E-state index contributed by atoms with van der Waals surface area (Å²) in [6.45, 7) is 3.34. The van der Waals surface area contributed by atoms with Gasteiger partial charge in [0, 0.05) is 38.5 Å². The second kappa shape index (κ2) is 9.71. The number of rotatable bonds is 9. The van der Waals surface area contributed by atoms with Crippen molar-refractivity contribution in [3.05, 3.63) is 30.1 Å². The lowest BCUT2D eigenvalue weighted by Gasteiger charge is -2.22. The van der Waals surface area contributed by atoms with Crippen molar-refractivity contribution < 1.29 is 14.7 Å². The number of amidine groups is 1. The van der Waals surface area contributed by atoms with Gasteiger partial charge >= 0.3 is 0 Å². The molecule has 0 bridgehead atoms. The Labute approximate surface area is 124 Å². The Hall–Kier alpha value is -2.15. The molecule has 1 amide bonds. The lowest BCUT2D eigenvalue weighted by atomic mass is 10.2. The van der Waals surface area contributed by atoms with Crippen molar-refractivity contribution in [3.8, 4) is 0 Å². The Bertz CT molecular complexity index is 451. The Morgan fingerprint density at radius 3 is 3.00 bits per heavy atom. The van der Waals surface area contributed by atoms with E-state index in [1.807, 2.05) is 19.1 Å². The molecular weight excluding hydrogens is 272 g/mol. The van der Waals surface area contributed by atoms with Gasteiger partial charge in [0.2, 0.25) is 5.91 Å². The highest BCUT2D eigenvalue weighted by Gasteiger charge is 2.14. The minimum Gasteiger partial charge on any atom is -0.409 e. The zero-order valence-electron chi connectivity index (χ0n) is 12.2. The first kappa shape index (κ1) is 16.9. The minimum atomic E-state index is -0.127. The molecule has 0 radical (unpaired) electrons. The highest BCUT2D eigenvalue weighted by atomic mass is 16.5. The van der Waals surface area contributed by atoms with Crippen molar-refractivity contribution >= 4 is 11.7 Å². The van der Waals surface area contributed by atoms with Crippen LogP contribution in [-0.4, -0.2) is 46.6 Å². The topological polar surface area (TPSA) is 101 Å². The number of hydrogen-bond acceptors (Lipinski definition) is 5. The van der Waals surface area contributed by atoms with Crippen LogP contribution in [0.4, 0.5) is 0 Å². The largest absolute Gasteiger partial charge is 0.409 e. The molecule has 0 aliphatic heterocycles. The molecule has 0 aliphatic rings. The van der Waals surface area contributed by atoms with Gasteiger partial charge in [0.1, 0.15) is 12.4 Å². The van der Waals surface area contributed by atoms with Crippen LogP contribution in [0.5, 0.6) is 0 Å². The molecule has 7 heteroatoms. The first-order chi connectivity index (χ1) is 10.2. The SMILES string of the molecule is CCCOCC(=O)N(CC/C(N)=N/O)Cc1cccnc1. The summed E-state index contributed by atoms with van der Waals surface area (Å²) in [7, 11) is 0. The highest BCUT2D eigenvalue weighted by Crippen LogP contribution is 2.05. The van der Waals surface area contributed by atoms with E-state index in [-0.39, 0.29) is 18.3 Å². The van der Waals surface area contributed by atoms with Gasteiger partial charge in [-0.2, -0.15) is 0 Å². The predicted octanol–water partition coefficient (Wildman–Crippen LogP) is 0.973. The van der Waals surface area contributed by atoms with Gasteiger partial charge in [-0.3, -0.25) is 9.78 Å². The van der Waals surface area contributed by atoms with Crippen molar-refractivity contribution in [3.63, 3.8) is 0 Å². The van der Waals surface area contributed by atoms with E-state index in [1.54, 1.807) is 17.3 Å². The van der Waals surface area contributed by atoms with Gasteiger partial charge in [-0.1, -0.05) is 18.1 Å². The molecule has 0 atom stereocenters. The lowest BCUT2D eigenvalue weighted by Crippen LogP contribution is -2.36. The fraction of sp³-hybridized carbons (Fsp3) is 0.500. The fourth-order valence-corrected chi connectivity index (χ4v) is 1.70. The van der Waals surface area contributed by atoms with E-state index in [0.717, 1.165) is 12.0 Å². The lowest BCUT2D eigenvalue weighted by molar-refractivity contribution is -0.136. The summed E-state index contributed by atoms with van der Waals surface area (Å²) in [5.41, 5.74) is 6.37. The van der Waals surface area contributed by atoms with Crippen LogP contribution in [0.2, 0.25) is 0 Å². The molecule has 21 heavy (non-hydrogen) atoms. The summed E-state index contributed by atoms with van der Waals surface area (Å²) in [5.74, 6) is -0.0356. The Kier molecular flexibility index (Phi) is 7.81. The summed E-state index contributed by atoms with van der Waals surface area (Å²) in [4.78, 5) is 17.8. The summed E-state index contributed by atoms with van der Waals surface area (Å²) in [6, 6.07) is 3.71. The van der Waals surface area contributed by atoms with Crippen molar-refractivity contribution in [1.82, 2.24) is 9.88 Å². The third-order valence-corrected chi connectivity index (χ3v) is 2.79. The number of pyridine rings is 1. The van der Waals surface area contributed by atoms with Gasteiger partial charge in [0.05, 0.1) is 0 Å². The van der Waals surface area contributed by atoms with Crippen molar-refractivity contribution in [1.29, 1.82) is 0 Å². The van der Waals surface area contributed by atoms with Crippen molar-refractivity contribution in [2.24, 2.45) is 10.9 Å². The fourth-order valence-electron chi connectivity index (χ4n) is 1.70. The molecule has 0 unspecified atom stereocenters. The molecule has 0 spiro atoms. The van der Waals surface area contributed by atoms with Crippen LogP contribution in [0.3, 0.4) is 0 Å². The third kappa shape index (κ3) is 6.71. The normalized spacial score (nSPS) is 11.4. The Balaban J connectivity index is 2.62. The maximum atomic E-state index is 12.2. The second-order valence-electron chi connectivity index (χ2n) is 4.57. The van der Waals surface area contributed by atoms with Gasteiger partial charge in [0.15, 0.2) is 0 Å². The van der Waals surface area contributed by atoms with Crippen LogP contribution < -0.4 is 5.73 Å². The monoisotopic (exact) mass is 294 g/mol. The number of hydrogen-bond donors (Lipinski definition) is 2. The molecule has 116 valence electrons. The van der Waals surface area contributed by atoms with E-state index in [0.29, 0.717) is 26.1 Å². The summed E-state index contributed by atoms with van der Waals surface area (Å²) in [5, 5.41) is 11.5. The molecule has 3 N–H and O–H groups in total. The molecule has 0 saturated heterocycles. The number of nitrogens with zero attached hydrogens (tertiary/aromatic N) is 3. The van der Waals surface area contributed by atoms with E-state index in [9.17, 15) is 4.79 Å². The van der Waals surface area contributed by atoms with E-state index in [4.69, 9.17) is 15.7 Å². The number of aromatic nitrogens is 1. The van der Waals surface area contributed by atoms with Crippen molar-refractivity contribution in [2.45, 2.75) is 26.3 Å². The van der Waals surface area contributed by atoms with Crippen LogP contribution in [0, 0.1) is 0 Å². The standard InChI is InChI=1S/C14H22N4O3/c1-2-8-21-11-14(19)18(7-5-13(15)17-20)10-12-4-3-6-16-9-12/h3-4,6,9,20H,2,5,7-8,10-11H2,1H3,(H2,15,17). The molecule has 0 saturated carbocycles. The maximum Gasteiger partial charge on any atom is 0.248 e. The van der Waals surface area contributed by atoms with Gasteiger partial charge in [0.25, 0.3) is 0 Å². The molecular formula is C14H22N4O3. The quantitative estimate of drug-likeness (QED) is 0.232. The number of oxime groups is 1. The van der Waals surface area contributed by atoms with Crippen LogP contribution in [0.25, 0.3) is 0 Å². The average Bonchev–Trinajstić information content (AvgIpc) is 2.52. The van der Waals surface area contributed by atoms with Gasteiger partial charge < -0.3 is 20.6 Å². The van der Waals surface area contributed by atoms with E-state index < -0.39 is 0 Å². The molecule has 7 nitrogen and oxygen atoms in total. The van der Waals surface area contributed by atoms with Crippen LogP contribution >= 0.6 is 0 Å². The summed E-state index contributed by atoms with van der Waals surface area (Å²) in [6.07, 6.45) is 4.55. The van der Waals surface area contributed by atoms with E-state index in [1.165, 1.54) is 0 Å². The first-order valence-corrected chi connectivity index (χ1v) is 6.88. The van der Waals surface area contributed by atoms with Gasteiger partial charge in [-0.05, 0) is 18.1 Å². The first-order valence-electron chi connectivity index (χ1n) is 6.88. The highest BCUT2D eigenvalue weighted by molar-refractivity contribution is 5.81. The second-order valence-corrected chi connectivity index (χ2v) is 4.57. The molecule has 1 aromatic heterocycles. The van der Waals surface area contributed by atoms with E-state index >= 15 is 0 Å². The number of ether oxygens (including phenoxy) is 1. The van der Waals surface area contributed by atoms with Gasteiger partial charge in [-0.25, -0.2) is 0 Å². The molecule has 0 fully saturated rings. The maximum absolute atomic E-state index is 12.2. The minimum absolute atomic E-state index is 0.0320. The molecule has 0 aliphatic carbocycles. The molecule has 1 rings (SSSR count).